The number of likely N-dealkylation sites (N-methyl/N-ethyl adjacent to an activating group) is 2. The molecule has 0 bridgehead atoms. The first-order chi connectivity index (χ1) is 10.7. The molecular formula is C17H28N4O. The lowest BCUT2D eigenvalue weighted by molar-refractivity contribution is -0.131. The zero-order valence-corrected chi connectivity index (χ0v) is 13.8. The number of carbonyl (C=O) groups is 1. The minimum absolute atomic E-state index is 0.215. The molecule has 0 spiro atoms. The van der Waals surface area contributed by atoms with Gasteiger partial charge in [0.1, 0.15) is 0 Å². The number of hydrogen-bond acceptors (Lipinski definition) is 4. The maximum atomic E-state index is 12.1. The van der Waals surface area contributed by atoms with Crippen molar-refractivity contribution in [2.24, 2.45) is 0 Å². The van der Waals surface area contributed by atoms with Crippen LogP contribution in [0.4, 0.5) is 0 Å². The molecule has 1 saturated heterocycles. The van der Waals surface area contributed by atoms with Crippen molar-refractivity contribution < 1.29 is 4.79 Å². The first kappa shape index (κ1) is 16.9. The molecule has 0 saturated carbocycles. The summed E-state index contributed by atoms with van der Waals surface area (Å²) in [6.45, 7) is 7.15. The third kappa shape index (κ3) is 5.40. The molecule has 0 aromatic heterocycles. The van der Waals surface area contributed by atoms with Gasteiger partial charge in [-0.25, -0.2) is 0 Å². The molecule has 0 unspecified atom stereocenters. The SMILES string of the molecule is CNCCN(C)C(=O)CN1CCN(Cc2ccccc2)CC1. The second kappa shape index (κ2) is 8.88. The van der Waals surface area contributed by atoms with Gasteiger partial charge in [-0.3, -0.25) is 14.6 Å². The molecule has 0 aliphatic carbocycles. The van der Waals surface area contributed by atoms with Gasteiger partial charge in [-0.15, -0.1) is 0 Å². The molecule has 1 aromatic carbocycles. The van der Waals surface area contributed by atoms with Crippen LogP contribution in [-0.4, -0.2) is 80.5 Å². The lowest BCUT2D eigenvalue weighted by Crippen LogP contribution is -2.49. The van der Waals surface area contributed by atoms with Gasteiger partial charge in [-0.1, -0.05) is 30.3 Å². The number of nitrogens with one attached hydrogen (secondary N) is 1. The van der Waals surface area contributed by atoms with Crippen molar-refractivity contribution in [2.45, 2.75) is 6.54 Å². The maximum Gasteiger partial charge on any atom is 0.236 e. The summed E-state index contributed by atoms with van der Waals surface area (Å²) in [5.41, 5.74) is 1.36. The van der Waals surface area contributed by atoms with Crippen LogP contribution in [0.25, 0.3) is 0 Å². The van der Waals surface area contributed by atoms with Crippen LogP contribution in [0.5, 0.6) is 0 Å². The van der Waals surface area contributed by atoms with E-state index in [1.165, 1.54) is 5.56 Å². The average Bonchev–Trinajstić information content (AvgIpc) is 2.55. The van der Waals surface area contributed by atoms with Crippen molar-refractivity contribution in [1.82, 2.24) is 20.0 Å². The van der Waals surface area contributed by atoms with E-state index in [1.54, 1.807) is 0 Å². The van der Waals surface area contributed by atoms with E-state index in [4.69, 9.17) is 0 Å². The van der Waals surface area contributed by atoms with Gasteiger partial charge in [-0.05, 0) is 12.6 Å². The number of hydrogen-bond donors (Lipinski definition) is 1. The van der Waals surface area contributed by atoms with Crippen LogP contribution in [0.2, 0.25) is 0 Å². The minimum atomic E-state index is 0.215. The molecule has 22 heavy (non-hydrogen) atoms. The van der Waals surface area contributed by atoms with Crippen LogP contribution < -0.4 is 5.32 Å². The Morgan fingerprint density at radius 2 is 1.77 bits per heavy atom. The smallest absolute Gasteiger partial charge is 0.236 e. The molecule has 1 aliphatic rings. The van der Waals surface area contributed by atoms with E-state index < -0.39 is 0 Å². The normalized spacial score (nSPS) is 16.6. The monoisotopic (exact) mass is 304 g/mol. The van der Waals surface area contributed by atoms with Crippen molar-refractivity contribution in [3.05, 3.63) is 35.9 Å². The lowest BCUT2D eigenvalue weighted by atomic mass is 10.2. The van der Waals surface area contributed by atoms with E-state index in [0.717, 1.165) is 45.8 Å². The maximum absolute atomic E-state index is 12.1. The molecule has 122 valence electrons. The van der Waals surface area contributed by atoms with E-state index in [0.29, 0.717) is 6.54 Å². The largest absolute Gasteiger partial charge is 0.343 e. The summed E-state index contributed by atoms with van der Waals surface area (Å²) in [4.78, 5) is 18.7. The fourth-order valence-electron chi connectivity index (χ4n) is 2.66. The fraction of sp³-hybridized carbons (Fsp3) is 0.588. The minimum Gasteiger partial charge on any atom is -0.343 e. The van der Waals surface area contributed by atoms with Gasteiger partial charge in [0.25, 0.3) is 0 Å². The highest BCUT2D eigenvalue weighted by Gasteiger charge is 2.20. The molecule has 1 amide bonds. The van der Waals surface area contributed by atoms with E-state index in [1.807, 2.05) is 19.0 Å². The fourth-order valence-corrected chi connectivity index (χ4v) is 2.66. The summed E-state index contributed by atoms with van der Waals surface area (Å²) in [6.07, 6.45) is 0. The Labute approximate surface area is 133 Å². The van der Waals surface area contributed by atoms with Gasteiger partial charge in [-0.2, -0.15) is 0 Å². The van der Waals surface area contributed by atoms with Crippen LogP contribution >= 0.6 is 0 Å². The Bertz CT molecular complexity index is 443. The molecule has 1 heterocycles. The van der Waals surface area contributed by atoms with E-state index >= 15 is 0 Å². The summed E-state index contributed by atoms with van der Waals surface area (Å²) in [6, 6.07) is 10.6. The number of benzene rings is 1. The van der Waals surface area contributed by atoms with Gasteiger partial charge in [0.05, 0.1) is 6.54 Å². The van der Waals surface area contributed by atoms with Crippen molar-refractivity contribution >= 4 is 5.91 Å². The summed E-state index contributed by atoms with van der Waals surface area (Å²) in [5, 5.41) is 3.07. The summed E-state index contributed by atoms with van der Waals surface area (Å²) >= 11 is 0. The summed E-state index contributed by atoms with van der Waals surface area (Å²) < 4.78 is 0. The van der Waals surface area contributed by atoms with E-state index in [2.05, 4.69) is 45.4 Å². The predicted octanol–water partition coefficient (Wildman–Crippen LogP) is 0.482. The van der Waals surface area contributed by atoms with E-state index in [9.17, 15) is 4.79 Å². The zero-order chi connectivity index (χ0) is 15.8. The van der Waals surface area contributed by atoms with Crippen LogP contribution in [-0.2, 0) is 11.3 Å². The first-order valence-electron chi connectivity index (χ1n) is 8.06. The third-order valence-electron chi connectivity index (χ3n) is 4.20. The van der Waals surface area contributed by atoms with Crippen LogP contribution in [0.1, 0.15) is 5.56 Å². The number of piperazine rings is 1. The molecule has 1 aromatic rings. The van der Waals surface area contributed by atoms with Crippen molar-refractivity contribution in [3.8, 4) is 0 Å². The molecule has 5 heteroatoms. The molecule has 0 atom stereocenters. The van der Waals surface area contributed by atoms with Gasteiger partial charge in [0.2, 0.25) is 5.91 Å². The van der Waals surface area contributed by atoms with Crippen molar-refractivity contribution in [1.29, 1.82) is 0 Å². The van der Waals surface area contributed by atoms with Gasteiger partial charge < -0.3 is 10.2 Å². The second-order valence-corrected chi connectivity index (χ2v) is 5.96. The molecule has 2 rings (SSSR count). The second-order valence-electron chi connectivity index (χ2n) is 5.96. The number of rotatable bonds is 7. The van der Waals surface area contributed by atoms with Gasteiger partial charge >= 0.3 is 0 Å². The Hall–Kier alpha value is -1.43. The van der Waals surface area contributed by atoms with Crippen molar-refractivity contribution in [3.63, 3.8) is 0 Å². The quantitative estimate of drug-likeness (QED) is 0.795. The highest BCUT2D eigenvalue weighted by atomic mass is 16.2. The Morgan fingerprint density at radius 3 is 2.41 bits per heavy atom. The van der Waals surface area contributed by atoms with Crippen molar-refractivity contribution in [2.75, 3.05) is 59.9 Å². The number of nitrogens with zero attached hydrogens (tertiary/aromatic N) is 3. The zero-order valence-electron chi connectivity index (χ0n) is 13.8. The Morgan fingerprint density at radius 1 is 1.14 bits per heavy atom. The molecule has 1 aliphatic heterocycles. The third-order valence-corrected chi connectivity index (χ3v) is 4.20. The highest BCUT2D eigenvalue weighted by Crippen LogP contribution is 2.08. The lowest BCUT2D eigenvalue weighted by Gasteiger charge is -2.35. The van der Waals surface area contributed by atoms with Crippen LogP contribution in [0.15, 0.2) is 30.3 Å². The van der Waals surface area contributed by atoms with Crippen LogP contribution in [0.3, 0.4) is 0 Å². The van der Waals surface area contributed by atoms with Crippen LogP contribution in [0, 0.1) is 0 Å². The topological polar surface area (TPSA) is 38.8 Å². The molecular weight excluding hydrogens is 276 g/mol. The average molecular weight is 304 g/mol. The molecule has 1 N–H and O–H groups in total. The summed E-state index contributed by atoms with van der Waals surface area (Å²) in [5.74, 6) is 0.215. The molecule has 0 radical (unpaired) electrons. The first-order valence-corrected chi connectivity index (χ1v) is 8.06. The molecule has 1 fully saturated rings. The van der Waals surface area contributed by atoms with Gasteiger partial charge in [0, 0.05) is 52.9 Å². The Balaban J connectivity index is 1.69. The van der Waals surface area contributed by atoms with Gasteiger partial charge in [0.15, 0.2) is 0 Å². The number of carbonyl (C=O) groups excluding carboxylic acids is 1. The highest BCUT2D eigenvalue weighted by molar-refractivity contribution is 5.78. The number of amides is 1. The van der Waals surface area contributed by atoms with E-state index in [-0.39, 0.29) is 5.91 Å². The summed E-state index contributed by atoms with van der Waals surface area (Å²) in [7, 11) is 3.79. The Kier molecular flexibility index (Phi) is 6.83. The molecule has 5 nitrogen and oxygen atoms in total. The predicted molar refractivity (Wildman–Crippen MR) is 89.7 cm³/mol. The standard InChI is InChI=1S/C17H28N4O/c1-18-8-9-19(2)17(22)15-21-12-10-20(11-13-21)14-16-6-4-3-5-7-16/h3-7,18H,8-15H2,1-2H3.